The molecule has 0 amide bonds. The third kappa shape index (κ3) is 34.6. The van der Waals surface area contributed by atoms with Gasteiger partial charge < -0.3 is 25.1 Å². The van der Waals surface area contributed by atoms with Crippen LogP contribution >= 0.6 is 0 Å². The first-order chi connectivity index (χ1) is 21.7. The van der Waals surface area contributed by atoms with Gasteiger partial charge in [-0.2, -0.15) is 0 Å². The summed E-state index contributed by atoms with van der Waals surface area (Å²) in [6.45, 7) is 4.56. The zero-order valence-corrected chi connectivity index (χ0v) is 34.3. The summed E-state index contributed by atoms with van der Waals surface area (Å²) >= 11 is 0. The number of unbranched alkanes of at least 4 members (excludes halogenated alkanes) is 24. The largest absolute Gasteiger partial charge is 2.00 e. The van der Waals surface area contributed by atoms with Gasteiger partial charge in [-0.15, -0.1) is 0 Å². The summed E-state index contributed by atoms with van der Waals surface area (Å²) in [5.41, 5.74) is 2.61. The molecule has 0 atom stereocenters. The number of aryl methyl sites for hydroxylation is 2. The third-order valence-electron chi connectivity index (χ3n) is 8.98. The number of benzene rings is 2. The number of hydrogen-bond acceptors (Lipinski definition) is 2. The molecule has 0 aliphatic rings. The van der Waals surface area contributed by atoms with Crippen molar-refractivity contribution in [2.24, 2.45) is 0 Å². The minimum Gasteiger partial charge on any atom is -0.508 e. The van der Waals surface area contributed by atoms with E-state index in [4.69, 9.17) is 0 Å². The van der Waals surface area contributed by atoms with Gasteiger partial charge in [-0.25, -0.2) is 0 Å². The first-order valence-corrected chi connectivity index (χ1v) is 19.2. The van der Waals surface area contributed by atoms with Gasteiger partial charge in [-0.3, -0.25) is 0 Å². The molecule has 2 nitrogen and oxygen atoms in total. The number of hydrogen-bond donors (Lipinski definition) is 2. The van der Waals surface area contributed by atoms with Crippen molar-refractivity contribution in [2.75, 3.05) is 0 Å². The van der Waals surface area contributed by atoms with E-state index < -0.39 is 0 Å². The molecule has 2 aromatic carbocycles. The fraction of sp³-hybridized carbons (Fsp3) is 0.682. The molecule has 3 heteroatoms. The first-order valence-electron chi connectivity index (χ1n) is 19.2. The van der Waals surface area contributed by atoms with Gasteiger partial charge in [0.15, 0.2) is 0 Å². The molecule has 0 unspecified atom stereocenters. The number of aromatic hydroxyl groups is 2. The van der Waals surface area contributed by atoms with Gasteiger partial charge in [0.05, 0.1) is 0 Å². The van der Waals surface area contributed by atoms with Crippen LogP contribution < -0.4 is 0 Å². The molecule has 2 aromatic rings. The van der Waals surface area contributed by atoms with Crippen LogP contribution in [0.4, 0.5) is 0 Å². The van der Waals surface area contributed by atoms with Crippen LogP contribution in [0.3, 0.4) is 0 Å². The summed E-state index contributed by atoms with van der Waals surface area (Å²) in [5, 5.41) is 18.7. The topological polar surface area (TPSA) is 40.5 Å². The summed E-state index contributed by atoms with van der Waals surface area (Å²) in [6, 6.07) is 15.3. The van der Waals surface area contributed by atoms with E-state index in [0.29, 0.717) is 11.5 Å². The average Bonchev–Trinajstić information content (AvgIpc) is 3.03. The molecule has 0 spiro atoms. The molecule has 2 N–H and O–H groups in total. The second kappa shape index (κ2) is 39.4. The maximum atomic E-state index is 9.42. The smallest absolute Gasteiger partial charge is 0.508 e. The van der Waals surface area contributed by atoms with Gasteiger partial charge in [0.2, 0.25) is 0 Å². The quantitative estimate of drug-likeness (QED) is 0.0676. The maximum Gasteiger partial charge on any atom is 2.00 e. The summed E-state index contributed by atoms with van der Waals surface area (Å²) in [6.07, 6.45) is 38.7. The minimum atomic E-state index is 0. The molecule has 0 aliphatic carbocycles. The molecule has 0 fully saturated rings. The van der Waals surface area contributed by atoms with E-state index in [1.807, 2.05) is 24.3 Å². The zero-order valence-electron chi connectivity index (χ0n) is 31.8. The Hall–Kier alpha value is -1.08. The molecular formula is C44H78O2Zr. The second-order valence-electron chi connectivity index (χ2n) is 13.3. The second-order valence-corrected chi connectivity index (χ2v) is 13.3. The van der Waals surface area contributed by atoms with E-state index in [-0.39, 0.29) is 41.1 Å². The van der Waals surface area contributed by atoms with Gasteiger partial charge >= 0.3 is 26.2 Å². The van der Waals surface area contributed by atoms with Crippen LogP contribution in [0.1, 0.15) is 192 Å². The van der Waals surface area contributed by atoms with Gasteiger partial charge in [0, 0.05) is 0 Å². The molecule has 47 heavy (non-hydrogen) atoms. The summed E-state index contributed by atoms with van der Waals surface area (Å²) in [7, 11) is 0. The van der Waals surface area contributed by atoms with Crippen molar-refractivity contribution in [3.05, 3.63) is 74.5 Å². The zero-order chi connectivity index (χ0) is 31.8. The van der Waals surface area contributed by atoms with Crippen molar-refractivity contribution < 1.29 is 36.4 Å². The van der Waals surface area contributed by atoms with Gasteiger partial charge in [-0.05, 0) is 61.1 Å². The van der Waals surface area contributed by atoms with Crippen LogP contribution in [-0.2, 0) is 39.0 Å². The van der Waals surface area contributed by atoms with Gasteiger partial charge in [0.1, 0.15) is 11.5 Å². The van der Waals surface area contributed by atoms with Crippen molar-refractivity contribution >= 4 is 0 Å². The molecule has 270 valence electrons. The normalized spacial score (nSPS) is 10.3. The third-order valence-corrected chi connectivity index (χ3v) is 8.98. The van der Waals surface area contributed by atoms with Crippen LogP contribution in [-0.4, -0.2) is 10.2 Å². The van der Waals surface area contributed by atoms with Crippen molar-refractivity contribution in [2.45, 2.75) is 194 Å². The Labute approximate surface area is 314 Å². The molecule has 0 aromatic heterocycles. The number of phenols is 2. The predicted molar refractivity (Wildman–Crippen MR) is 208 cm³/mol. The molecule has 0 aliphatic heterocycles. The van der Waals surface area contributed by atoms with Crippen LogP contribution in [0, 0.1) is 14.9 Å². The number of phenolic OH excluding ortho intramolecular Hbond substituents is 2. The molecule has 0 heterocycles. The molecule has 0 saturated heterocycles. The number of rotatable bonds is 28. The van der Waals surface area contributed by atoms with Crippen molar-refractivity contribution in [1.29, 1.82) is 0 Å². The predicted octanol–water partition coefficient (Wildman–Crippen LogP) is 14.9. The summed E-state index contributed by atoms with van der Waals surface area (Å²) in [4.78, 5) is 0. The summed E-state index contributed by atoms with van der Waals surface area (Å²) in [5.74, 6) is 0.765. The fourth-order valence-corrected chi connectivity index (χ4v) is 6.07. The standard InChI is InChI=1S/2C21H36O.2CH3.Zr/c1-2-3-4-5-6-7-8-9-10-11-12-13-14-16-20-17-15-18-21(22)19-20;1-2-3-4-5-6-7-8-9-10-11-12-13-14-15-20-16-18-21(22)19-17-20;;;/h15,17-19,22H,2-14,16H2,1H3;16-19,22H,2-15H2,1H3;2*1H3;/q;;2*-1;+2. The van der Waals surface area contributed by atoms with E-state index in [2.05, 4.69) is 19.9 Å². The maximum absolute atomic E-state index is 9.42. The molecule has 0 saturated carbocycles. The van der Waals surface area contributed by atoms with Gasteiger partial charge in [0.25, 0.3) is 0 Å². The van der Waals surface area contributed by atoms with Crippen LogP contribution in [0.25, 0.3) is 0 Å². The monoisotopic (exact) mass is 729 g/mol. The molecule has 0 bridgehead atoms. The Bertz CT molecular complexity index is 850. The van der Waals surface area contributed by atoms with E-state index in [9.17, 15) is 10.2 Å². The van der Waals surface area contributed by atoms with Crippen molar-refractivity contribution in [1.82, 2.24) is 0 Å². The van der Waals surface area contributed by atoms with E-state index >= 15 is 0 Å². The minimum absolute atomic E-state index is 0. The van der Waals surface area contributed by atoms with Crippen LogP contribution in [0.2, 0.25) is 0 Å². The molecule has 0 radical (unpaired) electrons. The average molecular weight is 730 g/mol. The van der Waals surface area contributed by atoms with E-state index in [1.165, 1.54) is 178 Å². The molecule has 2 rings (SSSR count). The van der Waals surface area contributed by atoms with Crippen LogP contribution in [0.5, 0.6) is 11.5 Å². The van der Waals surface area contributed by atoms with Crippen LogP contribution in [0.15, 0.2) is 48.5 Å². The Morgan fingerprint density at radius 3 is 1.02 bits per heavy atom. The Morgan fingerprint density at radius 2 is 0.681 bits per heavy atom. The SMILES string of the molecule is CCCCCCCCCCCCCCCc1ccc(O)cc1.CCCCCCCCCCCCCCCc1cccc(O)c1.[CH3-].[CH3-].[Zr+2]. The van der Waals surface area contributed by atoms with Crippen molar-refractivity contribution in [3.8, 4) is 11.5 Å². The first kappa shape index (κ1) is 50.3. The van der Waals surface area contributed by atoms with E-state index in [0.717, 1.165) is 12.8 Å². The Balaban J connectivity index is -0.000000774. The Morgan fingerprint density at radius 1 is 0.362 bits per heavy atom. The van der Waals surface area contributed by atoms with E-state index in [1.54, 1.807) is 18.2 Å². The van der Waals surface area contributed by atoms with Crippen molar-refractivity contribution in [3.63, 3.8) is 0 Å². The summed E-state index contributed by atoms with van der Waals surface area (Å²) < 4.78 is 0. The molecular weight excluding hydrogens is 652 g/mol. The fourth-order valence-electron chi connectivity index (χ4n) is 6.07. The van der Waals surface area contributed by atoms with Gasteiger partial charge in [-0.1, -0.05) is 192 Å². The Kier molecular flexibility index (Phi) is 42.1.